The number of nitrogens with two attached hydrogens (primary N) is 2. The van der Waals surface area contributed by atoms with Crippen LogP contribution >= 0.6 is 23.4 Å². The highest BCUT2D eigenvalue weighted by Gasteiger charge is 2.18. The van der Waals surface area contributed by atoms with Crippen LogP contribution in [0.25, 0.3) is 21.9 Å². The molecule has 4 rings (SSSR count). The third-order valence-electron chi connectivity index (χ3n) is 5.13. The fourth-order valence-electron chi connectivity index (χ4n) is 3.49. The maximum Gasteiger partial charge on any atom is 0.131 e. The summed E-state index contributed by atoms with van der Waals surface area (Å²) in [6.07, 6.45) is 3.25. The second kappa shape index (κ2) is 10.7. The summed E-state index contributed by atoms with van der Waals surface area (Å²) in [5.74, 6) is 0.252. The molecule has 0 fully saturated rings. The van der Waals surface area contributed by atoms with E-state index in [9.17, 15) is 4.39 Å². The van der Waals surface area contributed by atoms with Gasteiger partial charge < -0.3 is 16.9 Å². The highest BCUT2D eigenvalue weighted by molar-refractivity contribution is 7.98. The number of fused-ring (bicyclic) bond motifs is 1. The maximum atomic E-state index is 13.3. The number of nitrogen functional groups attached to an aromatic ring is 2. The predicted molar refractivity (Wildman–Crippen MR) is 141 cm³/mol. The molecule has 0 saturated carbocycles. The summed E-state index contributed by atoms with van der Waals surface area (Å²) >= 11 is 7.41. The smallest absolute Gasteiger partial charge is 0.131 e. The van der Waals surface area contributed by atoms with Gasteiger partial charge in [-0.05, 0) is 65.6 Å². The SMILES string of the molecule is CC(C)c1nc(N)c2cc(N)c(C=N)cc2c1-c1ccc(F)cc1.CSc1cccc(Cl)c1. The Bertz CT molecular complexity index is 1290. The maximum absolute atomic E-state index is 13.3. The molecule has 0 atom stereocenters. The molecule has 0 aliphatic heterocycles. The van der Waals surface area contributed by atoms with Gasteiger partial charge in [-0.15, -0.1) is 11.8 Å². The molecule has 5 N–H and O–H groups in total. The molecule has 0 radical (unpaired) electrons. The predicted octanol–water partition coefficient (Wildman–Crippen LogP) is 7.39. The highest BCUT2D eigenvalue weighted by Crippen LogP contribution is 2.38. The lowest BCUT2D eigenvalue weighted by molar-refractivity contribution is 0.628. The Morgan fingerprint density at radius 3 is 2.27 bits per heavy atom. The normalized spacial score (nSPS) is 10.7. The number of benzene rings is 3. The van der Waals surface area contributed by atoms with Crippen molar-refractivity contribution in [2.75, 3.05) is 17.7 Å². The largest absolute Gasteiger partial charge is 0.398 e. The molecule has 1 heterocycles. The molecule has 7 heteroatoms. The van der Waals surface area contributed by atoms with Crippen molar-refractivity contribution in [1.82, 2.24) is 4.98 Å². The van der Waals surface area contributed by atoms with Gasteiger partial charge in [0.2, 0.25) is 0 Å². The quantitative estimate of drug-likeness (QED) is 0.161. The standard InChI is InChI=1S/C19H19FN4.C7H7ClS/c1-10(2)18-17(11-3-5-13(20)6-4-11)14-7-12(9-21)16(22)8-15(14)19(23)24-18;1-9-7-4-2-3-6(8)5-7/h3-10,21H,22H2,1-2H3,(H2,23,24);2-5H,1H3. The minimum Gasteiger partial charge on any atom is -0.398 e. The van der Waals surface area contributed by atoms with Gasteiger partial charge in [-0.1, -0.05) is 43.6 Å². The summed E-state index contributed by atoms with van der Waals surface area (Å²) in [6, 6.07) is 17.7. The molecule has 4 nitrogen and oxygen atoms in total. The van der Waals surface area contributed by atoms with Gasteiger partial charge in [0, 0.05) is 38.3 Å². The van der Waals surface area contributed by atoms with Crippen molar-refractivity contribution in [2.24, 2.45) is 0 Å². The van der Waals surface area contributed by atoms with E-state index in [4.69, 9.17) is 28.5 Å². The summed E-state index contributed by atoms with van der Waals surface area (Å²) in [6.45, 7) is 4.07. The average Bonchev–Trinajstić information content (AvgIpc) is 2.80. The lowest BCUT2D eigenvalue weighted by Crippen LogP contribution is -2.04. The summed E-state index contributed by atoms with van der Waals surface area (Å²) < 4.78 is 13.3. The van der Waals surface area contributed by atoms with Gasteiger partial charge in [0.15, 0.2) is 0 Å². The van der Waals surface area contributed by atoms with Gasteiger partial charge in [-0.25, -0.2) is 9.37 Å². The van der Waals surface area contributed by atoms with Crippen molar-refractivity contribution in [3.63, 3.8) is 0 Å². The average molecular weight is 481 g/mol. The second-order valence-electron chi connectivity index (χ2n) is 7.75. The molecule has 170 valence electrons. The van der Waals surface area contributed by atoms with Crippen LogP contribution in [-0.4, -0.2) is 17.5 Å². The molecule has 4 aromatic rings. The zero-order valence-corrected chi connectivity index (χ0v) is 20.3. The number of rotatable bonds is 4. The minimum atomic E-state index is -0.290. The van der Waals surface area contributed by atoms with E-state index < -0.39 is 0 Å². The minimum absolute atomic E-state index is 0.137. The second-order valence-corrected chi connectivity index (χ2v) is 9.07. The Morgan fingerprint density at radius 1 is 1.03 bits per heavy atom. The van der Waals surface area contributed by atoms with Crippen LogP contribution in [0.4, 0.5) is 15.9 Å². The van der Waals surface area contributed by atoms with Gasteiger partial charge in [-0.3, -0.25) is 0 Å². The lowest BCUT2D eigenvalue weighted by atomic mass is 9.91. The van der Waals surface area contributed by atoms with Crippen LogP contribution in [0, 0.1) is 11.2 Å². The van der Waals surface area contributed by atoms with E-state index in [2.05, 4.69) is 4.98 Å². The van der Waals surface area contributed by atoms with Crippen molar-refractivity contribution in [2.45, 2.75) is 24.7 Å². The van der Waals surface area contributed by atoms with Gasteiger partial charge in [0.1, 0.15) is 11.6 Å². The van der Waals surface area contributed by atoms with Crippen molar-refractivity contribution in [1.29, 1.82) is 5.41 Å². The molecule has 0 aliphatic carbocycles. The lowest BCUT2D eigenvalue weighted by Gasteiger charge is -2.18. The van der Waals surface area contributed by atoms with Crippen molar-refractivity contribution >= 4 is 51.9 Å². The van der Waals surface area contributed by atoms with Crippen LogP contribution in [0.15, 0.2) is 65.6 Å². The van der Waals surface area contributed by atoms with Crippen LogP contribution < -0.4 is 11.5 Å². The number of aromatic nitrogens is 1. The van der Waals surface area contributed by atoms with E-state index in [0.717, 1.165) is 32.6 Å². The fraction of sp³-hybridized carbons (Fsp3) is 0.154. The van der Waals surface area contributed by atoms with Crippen LogP contribution in [0.5, 0.6) is 0 Å². The first kappa shape index (κ1) is 24.6. The monoisotopic (exact) mass is 480 g/mol. The summed E-state index contributed by atoms with van der Waals surface area (Å²) in [5.41, 5.74) is 15.8. The Hall–Kier alpha value is -3.09. The Labute approximate surface area is 202 Å². The Kier molecular flexibility index (Phi) is 7.95. The summed E-state index contributed by atoms with van der Waals surface area (Å²) in [4.78, 5) is 5.78. The van der Waals surface area contributed by atoms with Crippen LogP contribution in [0.2, 0.25) is 5.02 Å². The topological polar surface area (TPSA) is 88.8 Å². The van der Waals surface area contributed by atoms with Gasteiger partial charge in [0.05, 0.1) is 5.69 Å². The van der Waals surface area contributed by atoms with Gasteiger partial charge >= 0.3 is 0 Å². The number of nitrogens with one attached hydrogen (secondary N) is 1. The molecule has 0 saturated heterocycles. The molecule has 3 aromatic carbocycles. The third-order valence-corrected chi connectivity index (χ3v) is 6.09. The molecule has 0 spiro atoms. The van der Waals surface area contributed by atoms with E-state index in [0.29, 0.717) is 17.1 Å². The number of thioether (sulfide) groups is 1. The molecular weight excluding hydrogens is 455 g/mol. The molecule has 0 aliphatic rings. The fourth-order valence-corrected chi connectivity index (χ4v) is 4.21. The molecule has 0 bridgehead atoms. The summed E-state index contributed by atoms with van der Waals surface area (Å²) in [5, 5.41) is 9.96. The van der Waals surface area contributed by atoms with E-state index in [1.807, 2.05) is 50.4 Å². The number of halogens is 2. The first-order valence-electron chi connectivity index (χ1n) is 10.3. The molecule has 0 amide bonds. The van der Waals surface area contributed by atoms with Crippen LogP contribution in [-0.2, 0) is 0 Å². The highest BCUT2D eigenvalue weighted by atomic mass is 35.5. The van der Waals surface area contributed by atoms with Crippen molar-refractivity contribution in [3.8, 4) is 11.1 Å². The number of pyridine rings is 1. The van der Waals surface area contributed by atoms with Gasteiger partial charge in [-0.2, -0.15) is 0 Å². The zero-order chi connectivity index (χ0) is 24.1. The van der Waals surface area contributed by atoms with E-state index in [1.165, 1.54) is 23.2 Å². The van der Waals surface area contributed by atoms with Crippen molar-refractivity contribution in [3.05, 3.63) is 82.8 Å². The van der Waals surface area contributed by atoms with E-state index in [-0.39, 0.29) is 11.7 Å². The van der Waals surface area contributed by atoms with Crippen LogP contribution in [0.1, 0.15) is 31.0 Å². The van der Waals surface area contributed by atoms with Crippen molar-refractivity contribution < 1.29 is 4.39 Å². The first-order valence-corrected chi connectivity index (χ1v) is 11.9. The number of hydrogen-bond acceptors (Lipinski definition) is 5. The van der Waals surface area contributed by atoms with Gasteiger partial charge in [0.25, 0.3) is 0 Å². The zero-order valence-electron chi connectivity index (χ0n) is 18.7. The number of nitrogens with zero attached hydrogens (tertiary/aromatic N) is 1. The van der Waals surface area contributed by atoms with E-state index >= 15 is 0 Å². The van der Waals surface area contributed by atoms with Crippen LogP contribution in [0.3, 0.4) is 0 Å². The van der Waals surface area contributed by atoms with E-state index in [1.54, 1.807) is 30.0 Å². The number of hydrogen-bond donors (Lipinski definition) is 3. The molecular formula is C26H26ClFN4S. The molecule has 0 unspecified atom stereocenters. The Balaban J connectivity index is 0.000000286. The third kappa shape index (κ3) is 5.64. The number of anilines is 2. The Morgan fingerprint density at radius 2 is 1.73 bits per heavy atom. The molecule has 33 heavy (non-hydrogen) atoms. The molecule has 1 aromatic heterocycles. The first-order chi connectivity index (χ1) is 15.7. The summed E-state index contributed by atoms with van der Waals surface area (Å²) in [7, 11) is 0.